The first kappa shape index (κ1) is 15.0. The maximum absolute atomic E-state index is 13.6. The van der Waals surface area contributed by atoms with E-state index in [-0.39, 0.29) is 23.5 Å². The maximum atomic E-state index is 13.6. The molecule has 2 nitrogen and oxygen atoms in total. The van der Waals surface area contributed by atoms with Gasteiger partial charge in [0.15, 0.2) is 0 Å². The Kier molecular flexibility index (Phi) is 3.65. The van der Waals surface area contributed by atoms with Crippen LogP contribution in [0.4, 0.5) is 14.5 Å². The van der Waals surface area contributed by atoms with Crippen LogP contribution in [0.5, 0.6) is 0 Å². The molecular formula is C19H13F2NOS. The number of hydrogen-bond acceptors (Lipinski definition) is 2. The number of amides is 1. The van der Waals surface area contributed by atoms with Crippen LogP contribution in [0.25, 0.3) is 11.1 Å². The molecule has 0 bridgehead atoms. The lowest BCUT2D eigenvalue weighted by Crippen LogP contribution is -2.22. The predicted octanol–water partition coefficient (Wildman–Crippen LogP) is 5.17. The predicted molar refractivity (Wildman–Crippen MR) is 91.2 cm³/mol. The maximum Gasteiger partial charge on any atom is 0.225 e. The second-order valence-corrected chi connectivity index (χ2v) is 6.67. The quantitative estimate of drug-likeness (QED) is 0.685. The smallest absolute Gasteiger partial charge is 0.225 e. The van der Waals surface area contributed by atoms with Gasteiger partial charge in [0.05, 0.1) is 5.69 Å². The van der Waals surface area contributed by atoms with Crippen molar-refractivity contribution in [2.75, 3.05) is 5.32 Å². The van der Waals surface area contributed by atoms with Gasteiger partial charge in [-0.05, 0) is 35.4 Å². The molecule has 0 radical (unpaired) electrons. The van der Waals surface area contributed by atoms with Crippen LogP contribution >= 0.6 is 11.3 Å². The van der Waals surface area contributed by atoms with Gasteiger partial charge < -0.3 is 5.32 Å². The zero-order chi connectivity index (χ0) is 16.7. The molecule has 0 fully saturated rings. The summed E-state index contributed by atoms with van der Waals surface area (Å²) in [5.74, 6) is -0.873. The molecule has 1 aromatic heterocycles. The minimum atomic E-state index is -0.310. The van der Waals surface area contributed by atoms with Gasteiger partial charge in [0.25, 0.3) is 0 Å². The van der Waals surface area contributed by atoms with Crippen LogP contribution in [0.1, 0.15) is 22.8 Å². The van der Waals surface area contributed by atoms with E-state index >= 15 is 0 Å². The third-order valence-electron chi connectivity index (χ3n) is 4.20. The SMILES string of the molecule is O=C1C[C@@H](c2cccc(F)c2)c2scc(-c3ccc(F)cc3)c2N1. The van der Waals surface area contributed by atoms with Gasteiger partial charge in [-0.3, -0.25) is 4.79 Å². The van der Waals surface area contributed by atoms with Crippen molar-refractivity contribution in [2.45, 2.75) is 12.3 Å². The van der Waals surface area contributed by atoms with Crippen molar-refractivity contribution >= 4 is 22.9 Å². The fraction of sp³-hybridized carbons (Fsp3) is 0.105. The molecule has 5 heteroatoms. The van der Waals surface area contributed by atoms with E-state index in [9.17, 15) is 13.6 Å². The Bertz CT molecular complexity index is 917. The lowest BCUT2D eigenvalue weighted by atomic mass is 9.89. The van der Waals surface area contributed by atoms with E-state index in [1.54, 1.807) is 18.2 Å². The van der Waals surface area contributed by atoms with Crippen LogP contribution in [0, 0.1) is 11.6 Å². The van der Waals surface area contributed by atoms with Crippen LogP contribution in [0.2, 0.25) is 0 Å². The van der Waals surface area contributed by atoms with Gasteiger partial charge in [0, 0.05) is 28.2 Å². The molecule has 3 aromatic rings. The molecule has 1 N–H and O–H groups in total. The Morgan fingerprint density at radius 3 is 2.58 bits per heavy atom. The molecule has 1 aliphatic rings. The Labute approximate surface area is 141 Å². The second-order valence-electron chi connectivity index (χ2n) is 5.76. The first-order chi connectivity index (χ1) is 11.6. The monoisotopic (exact) mass is 341 g/mol. The number of carbonyl (C=O) groups excluding carboxylic acids is 1. The normalized spacial score (nSPS) is 16.6. The van der Waals surface area contributed by atoms with Gasteiger partial charge >= 0.3 is 0 Å². The minimum absolute atomic E-state index is 0.0986. The number of carbonyl (C=O) groups is 1. The van der Waals surface area contributed by atoms with E-state index in [1.807, 2.05) is 11.4 Å². The fourth-order valence-corrected chi connectivity index (χ4v) is 4.22. The fourth-order valence-electron chi connectivity index (χ4n) is 3.06. The summed E-state index contributed by atoms with van der Waals surface area (Å²) in [5.41, 5.74) is 3.24. The minimum Gasteiger partial charge on any atom is -0.325 e. The van der Waals surface area contributed by atoms with Crippen molar-refractivity contribution in [3.05, 3.63) is 76.0 Å². The Hall–Kier alpha value is -2.53. The number of hydrogen-bond donors (Lipinski definition) is 1. The van der Waals surface area contributed by atoms with Gasteiger partial charge in [-0.1, -0.05) is 24.3 Å². The number of benzene rings is 2. The van der Waals surface area contributed by atoms with Crippen molar-refractivity contribution < 1.29 is 13.6 Å². The first-order valence-electron chi connectivity index (χ1n) is 7.54. The lowest BCUT2D eigenvalue weighted by Gasteiger charge is -2.24. The van der Waals surface area contributed by atoms with Gasteiger partial charge in [0.1, 0.15) is 11.6 Å². The van der Waals surface area contributed by atoms with Crippen molar-refractivity contribution in [2.24, 2.45) is 0 Å². The summed E-state index contributed by atoms with van der Waals surface area (Å²) in [6.07, 6.45) is 0.291. The third kappa shape index (κ3) is 2.61. The molecular weight excluding hydrogens is 328 g/mol. The molecule has 24 heavy (non-hydrogen) atoms. The molecule has 1 amide bonds. The van der Waals surface area contributed by atoms with E-state index in [2.05, 4.69) is 5.32 Å². The highest BCUT2D eigenvalue weighted by Crippen LogP contribution is 2.46. The topological polar surface area (TPSA) is 29.1 Å². The van der Waals surface area contributed by atoms with E-state index in [0.717, 1.165) is 27.3 Å². The molecule has 0 saturated carbocycles. The zero-order valence-corrected chi connectivity index (χ0v) is 13.4. The van der Waals surface area contributed by atoms with E-state index in [4.69, 9.17) is 0 Å². The highest BCUT2D eigenvalue weighted by Gasteiger charge is 2.30. The summed E-state index contributed by atoms with van der Waals surface area (Å²) in [7, 11) is 0. The van der Waals surface area contributed by atoms with Gasteiger partial charge in [0.2, 0.25) is 5.91 Å². The van der Waals surface area contributed by atoms with Gasteiger partial charge in [-0.2, -0.15) is 0 Å². The standard InChI is InChI=1S/C19H13F2NOS/c20-13-6-4-11(5-7-13)16-10-24-19-15(9-17(23)22-18(16)19)12-2-1-3-14(21)8-12/h1-8,10,15H,9H2,(H,22,23)/t15-/m0/s1. The molecule has 2 aromatic carbocycles. The summed E-state index contributed by atoms with van der Waals surface area (Å²) in [6.45, 7) is 0. The largest absolute Gasteiger partial charge is 0.325 e. The summed E-state index contributed by atoms with van der Waals surface area (Å²) < 4.78 is 26.7. The summed E-state index contributed by atoms with van der Waals surface area (Å²) in [4.78, 5) is 13.2. The van der Waals surface area contributed by atoms with Crippen molar-refractivity contribution in [3.8, 4) is 11.1 Å². The number of rotatable bonds is 2. The molecule has 0 saturated heterocycles. The summed E-state index contributed by atoms with van der Waals surface area (Å²) >= 11 is 1.53. The first-order valence-corrected chi connectivity index (χ1v) is 8.42. The van der Waals surface area contributed by atoms with Gasteiger partial charge in [-0.25, -0.2) is 8.78 Å². The number of nitrogens with one attached hydrogen (secondary N) is 1. The van der Waals surface area contributed by atoms with E-state index < -0.39 is 0 Å². The van der Waals surface area contributed by atoms with Crippen molar-refractivity contribution in [1.29, 1.82) is 0 Å². The zero-order valence-electron chi connectivity index (χ0n) is 12.6. The van der Waals surface area contributed by atoms with E-state index in [0.29, 0.717) is 6.42 Å². The van der Waals surface area contributed by atoms with Crippen LogP contribution < -0.4 is 5.32 Å². The second kappa shape index (κ2) is 5.83. The molecule has 4 rings (SSSR count). The van der Waals surface area contributed by atoms with Crippen molar-refractivity contribution in [1.82, 2.24) is 0 Å². The summed E-state index contributed by atoms with van der Waals surface area (Å²) in [5, 5.41) is 4.87. The molecule has 1 aliphatic heterocycles. The Morgan fingerprint density at radius 2 is 1.83 bits per heavy atom. The molecule has 0 unspecified atom stereocenters. The highest BCUT2D eigenvalue weighted by atomic mass is 32.1. The number of halogens is 2. The van der Waals surface area contributed by atoms with E-state index in [1.165, 1.54) is 35.6 Å². The molecule has 0 spiro atoms. The summed E-state index contributed by atoms with van der Waals surface area (Å²) in [6, 6.07) is 12.5. The average molecular weight is 341 g/mol. The average Bonchev–Trinajstić information content (AvgIpc) is 2.98. The number of anilines is 1. The number of fused-ring (bicyclic) bond motifs is 1. The Balaban J connectivity index is 1.81. The van der Waals surface area contributed by atoms with Crippen LogP contribution in [-0.4, -0.2) is 5.91 Å². The molecule has 0 aliphatic carbocycles. The van der Waals surface area contributed by atoms with Crippen LogP contribution in [0.15, 0.2) is 53.9 Å². The van der Waals surface area contributed by atoms with Crippen LogP contribution in [-0.2, 0) is 4.79 Å². The molecule has 2 heterocycles. The third-order valence-corrected chi connectivity index (χ3v) is 5.29. The number of thiophene rings is 1. The van der Waals surface area contributed by atoms with Gasteiger partial charge in [-0.15, -0.1) is 11.3 Å². The lowest BCUT2D eigenvalue weighted by molar-refractivity contribution is -0.116. The molecule has 120 valence electrons. The molecule has 1 atom stereocenters. The Morgan fingerprint density at radius 1 is 1.04 bits per heavy atom. The van der Waals surface area contributed by atoms with Crippen molar-refractivity contribution in [3.63, 3.8) is 0 Å². The highest BCUT2D eigenvalue weighted by molar-refractivity contribution is 7.11. The van der Waals surface area contributed by atoms with Crippen LogP contribution in [0.3, 0.4) is 0 Å².